The molecule has 0 spiro atoms. The number of sulfonamides is 1. The lowest BCUT2D eigenvalue weighted by Crippen LogP contribution is -2.29. The topological polar surface area (TPSA) is 90.9 Å². The van der Waals surface area contributed by atoms with Gasteiger partial charge in [-0.1, -0.05) is 18.2 Å². The van der Waals surface area contributed by atoms with Crippen LogP contribution in [-0.2, 0) is 15.6 Å². The molecular weight excluding hydrogens is 403 g/mol. The SMILES string of the molecule is Cc1cccc(-c2nnc(S(N)(=O)=O)n2C(C)(C)C)c1I. The average Bonchev–Trinajstić information content (AvgIpc) is 2.76. The van der Waals surface area contributed by atoms with Crippen LogP contribution in [0.1, 0.15) is 26.3 Å². The second-order valence-electron chi connectivity index (χ2n) is 5.79. The summed E-state index contributed by atoms with van der Waals surface area (Å²) in [4.78, 5) is 0. The zero-order valence-corrected chi connectivity index (χ0v) is 15.2. The number of nitrogens with two attached hydrogens (primary N) is 1. The largest absolute Gasteiger partial charge is 0.291 e. The van der Waals surface area contributed by atoms with Crippen molar-refractivity contribution in [3.8, 4) is 11.4 Å². The number of benzene rings is 1. The molecule has 1 heterocycles. The Hall–Kier alpha value is -1.00. The fourth-order valence-corrected chi connectivity index (χ4v) is 3.42. The maximum absolute atomic E-state index is 11.7. The van der Waals surface area contributed by atoms with Crippen LogP contribution in [0, 0.1) is 10.5 Å². The van der Waals surface area contributed by atoms with E-state index in [0.29, 0.717) is 5.82 Å². The molecule has 2 rings (SSSR count). The fourth-order valence-electron chi connectivity index (χ4n) is 2.05. The zero-order chi connectivity index (χ0) is 16.0. The molecule has 1 aromatic heterocycles. The first-order valence-corrected chi connectivity index (χ1v) is 8.90. The number of primary sulfonamides is 1. The van der Waals surface area contributed by atoms with Crippen molar-refractivity contribution < 1.29 is 8.42 Å². The minimum absolute atomic E-state index is 0.220. The lowest BCUT2D eigenvalue weighted by molar-refractivity contribution is 0.366. The molecule has 8 heteroatoms. The molecule has 0 atom stereocenters. The Balaban J connectivity index is 2.83. The van der Waals surface area contributed by atoms with E-state index in [-0.39, 0.29) is 5.16 Å². The smallest absolute Gasteiger partial charge is 0.273 e. The van der Waals surface area contributed by atoms with Crippen molar-refractivity contribution in [2.24, 2.45) is 5.14 Å². The first kappa shape index (κ1) is 16.4. The van der Waals surface area contributed by atoms with Gasteiger partial charge in [0.2, 0.25) is 0 Å². The van der Waals surface area contributed by atoms with Crippen LogP contribution in [0.2, 0.25) is 0 Å². The van der Waals surface area contributed by atoms with E-state index in [9.17, 15) is 8.42 Å². The Morgan fingerprint density at radius 2 is 1.86 bits per heavy atom. The van der Waals surface area contributed by atoms with E-state index in [0.717, 1.165) is 14.7 Å². The van der Waals surface area contributed by atoms with Gasteiger partial charge in [0.1, 0.15) is 0 Å². The molecule has 0 fully saturated rings. The third-order valence-corrected chi connectivity index (χ3v) is 5.20. The van der Waals surface area contributed by atoms with Crippen LogP contribution in [0.3, 0.4) is 0 Å². The van der Waals surface area contributed by atoms with E-state index in [1.165, 1.54) is 0 Å². The number of halogens is 1. The Labute approximate surface area is 138 Å². The maximum atomic E-state index is 11.7. The maximum Gasteiger partial charge on any atom is 0.273 e. The zero-order valence-electron chi connectivity index (χ0n) is 12.3. The van der Waals surface area contributed by atoms with Gasteiger partial charge in [0.05, 0.1) is 0 Å². The van der Waals surface area contributed by atoms with Gasteiger partial charge >= 0.3 is 0 Å². The highest BCUT2D eigenvalue weighted by molar-refractivity contribution is 14.1. The summed E-state index contributed by atoms with van der Waals surface area (Å²) in [6.45, 7) is 7.65. The van der Waals surface area contributed by atoms with Crippen molar-refractivity contribution in [2.75, 3.05) is 0 Å². The highest BCUT2D eigenvalue weighted by Gasteiger charge is 2.30. The molecule has 0 saturated carbocycles. The molecule has 2 N–H and O–H groups in total. The van der Waals surface area contributed by atoms with Crippen molar-refractivity contribution in [1.29, 1.82) is 0 Å². The first-order valence-electron chi connectivity index (χ1n) is 6.27. The molecule has 0 aliphatic rings. The van der Waals surface area contributed by atoms with Gasteiger partial charge in [0.25, 0.3) is 15.2 Å². The monoisotopic (exact) mass is 420 g/mol. The van der Waals surface area contributed by atoms with Crippen molar-refractivity contribution in [3.63, 3.8) is 0 Å². The van der Waals surface area contributed by atoms with Crippen LogP contribution in [0.5, 0.6) is 0 Å². The molecule has 2 aromatic rings. The first-order chi connectivity index (χ1) is 9.53. The second kappa shape index (κ2) is 5.33. The summed E-state index contributed by atoms with van der Waals surface area (Å²) in [6, 6.07) is 5.79. The summed E-state index contributed by atoms with van der Waals surface area (Å²) in [7, 11) is -3.94. The van der Waals surface area contributed by atoms with Crippen LogP contribution in [-0.4, -0.2) is 23.2 Å². The molecule has 6 nitrogen and oxygen atoms in total. The van der Waals surface area contributed by atoms with Gasteiger partial charge in [-0.2, -0.15) is 0 Å². The van der Waals surface area contributed by atoms with Gasteiger partial charge in [0, 0.05) is 14.7 Å². The van der Waals surface area contributed by atoms with Crippen molar-refractivity contribution in [3.05, 3.63) is 27.3 Å². The molecule has 0 amide bonds. The molecule has 0 aliphatic carbocycles. The number of nitrogens with zero attached hydrogens (tertiary/aromatic N) is 3. The number of hydrogen-bond donors (Lipinski definition) is 1. The van der Waals surface area contributed by atoms with Crippen LogP contribution in [0.4, 0.5) is 0 Å². The molecule has 0 aliphatic heterocycles. The third kappa shape index (κ3) is 3.11. The lowest BCUT2D eigenvalue weighted by atomic mass is 10.1. The van der Waals surface area contributed by atoms with Gasteiger partial charge in [-0.05, 0) is 55.8 Å². The molecular formula is C13H17IN4O2S. The predicted molar refractivity (Wildman–Crippen MR) is 89.3 cm³/mol. The van der Waals surface area contributed by atoms with E-state index in [1.54, 1.807) is 4.57 Å². The van der Waals surface area contributed by atoms with E-state index in [2.05, 4.69) is 32.8 Å². The van der Waals surface area contributed by atoms with Crippen molar-refractivity contribution in [2.45, 2.75) is 38.4 Å². The van der Waals surface area contributed by atoms with Crippen LogP contribution in [0.15, 0.2) is 23.4 Å². The Morgan fingerprint density at radius 3 is 2.38 bits per heavy atom. The molecule has 0 bridgehead atoms. The average molecular weight is 420 g/mol. The van der Waals surface area contributed by atoms with Crippen molar-refractivity contribution >= 4 is 32.6 Å². The fraction of sp³-hybridized carbons (Fsp3) is 0.385. The van der Waals surface area contributed by atoms with E-state index in [4.69, 9.17) is 5.14 Å². The predicted octanol–water partition coefficient (Wildman–Crippen LogP) is 2.26. The molecule has 0 unspecified atom stereocenters. The molecule has 21 heavy (non-hydrogen) atoms. The van der Waals surface area contributed by atoms with Gasteiger partial charge in [-0.15, -0.1) is 10.2 Å². The third-order valence-electron chi connectivity index (χ3n) is 2.99. The van der Waals surface area contributed by atoms with Crippen LogP contribution < -0.4 is 5.14 Å². The highest BCUT2D eigenvalue weighted by Crippen LogP contribution is 2.31. The quantitative estimate of drug-likeness (QED) is 0.755. The Bertz CT molecular complexity index is 791. The minimum atomic E-state index is -3.94. The van der Waals surface area contributed by atoms with Crippen LogP contribution >= 0.6 is 22.6 Å². The lowest BCUT2D eigenvalue weighted by Gasteiger charge is -2.24. The summed E-state index contributed by atoms with van der Waals surface area (Å²) in [5.41, 5.74) is 1.41. The standard InChI is InChI=1S/C13H17IN4O2S/c1-8-6-5-7-9(10(8)14)11-16-17-12(21(15,19)20)18(11)13(2,3)4/h5-7H,1-4H3,(H2,15,19,20). The summed E-state index contributed by atoms with van der Waals surface area (Å²) >= 11 is 2.22. The summed E-state index contributed by atoms with van der Waals surface area (Å²) < 4.78 is 26.1. The highest BCUT2D eigenvalue weighted by atomic mass is 127. The Kier molecular flexibility index (Phi) is 4.15. The van der Waals surface area contributed by atoms with Crippen molar-refractivity contribution in [1.82, 2.24) is 14.8 Å². The van der Waals surface area contributed by atoms with E-state index < -0.39 is 15.6 Å². The van der Waals surface area contributed by atoms with Gasteiger partial charge in [-0.25, -0.2) is 13.6 Å². The molecule has 0 radical (unpaired) electrons. The molecule has 0 saturated heterocycles. The second-order valence-corrected chi connectivity index (χ2v) is 8.33. The number of aromatic nitrogens is 3. The normalized spacial score (nSPS) is 12.7. The molecule has 114 valence electrons. The summed E-state index contributed by atoms with van der Waals surface area (Å²) in [5, 5.41) is 12.9. The summed E-state index contributed by atoms with van der Waals surface area (Å²) in [5.74, 6) is 0.500. The Morgan fingerprint density at radius 1 is 1.24 bits per heavy atom. The number of rotatable bonds is 2. The van der Waals surface area contributed by atoms with Gasteiger partial charge in [-0.3, -0.25) is 4.57 Å². The number of hydrogen-bond acceptors (Lipinski definition) is 4. The van der Waals surface area contributed by atoms with Gasteiger partial charge < -0.3 is 0 Å². The van der Waals surface area contributed by atoms with E-state index >= 15 is 0 Å². The van der Waals surface area contributed by atoms with Gasteiger partial charge in [0.15, 0.2) is 5.82 Å². The number of aryl methyl sites for hydroxylation is 1. The minimum Gasteiger partial charge on any atom is -0.291 e. The van der Waals surface area contributed by atoms with E-state index in [1.807, 2.05) is 45.9 Å². The summed E-state index contributed by atoms with van der Waals surface area (Å²) in [6.07, 6.45) is 0. The molecule has 1 aromatic carbocycles. The van der Waals surface area contributed by atoms with Crippen LogP contribution in [0.25, 0.3) is 11.4 Å².